The lowest BCUT2D eigenvalue weighted by Gasteiger charge is -2.36. The Morgan fingerprint density at radius 3 is 2.35 bits per heavy atom. The van der Waals surface area contributed by atoms with Gasteiger partial charge >= 0.3 is 0 Å². The molecule has 0 saturated carbocycles. The second-order valence-electron chi connectivity index (χ2n) is 6.65. The summed E-state index contributed by atoms with van der Waals surface area (Å²) in [6, 6.07) is 2.29. The Hall–Kier alpha value is -1.11. The van der Waals surface area contributed by atoms with Gasteiger partial charge in [0.1, 0.15) is 12.1 Å². The second-order valence-corrected chi connectivity index (χ2v) is 6.65. The second kappa shape index (κ2) is 11.6. The van der Waals surface area contributed by atoms with Crippen LogP contribution in [0.4, 0.5) is 5.82 Å². The molecule has 3 N–H and O–H groups in total. The molecule has 1 aliphatic heterocycles. The number of carbonyl (C=O) groups excluding carboxylic acids is 1. The van der Waals surface area contributed by atoms with Crippen LogP contribution in [0.25, 0.3) is 0 Å². The fourth-order valence-electron chi connectivity index (χ4n) is 3.30. The van der Waals surface area contributed by atoms with Crippen LogP contribution in [-0.2, 0) is 11.2 Å². The monoisotopic (exact) mass is 405 g/mol. The molecular weight excluding hydrogens is 373 g/mol. The molecule has 0 aliphatic carbocycles. The number of rotatable bonds is 7. The molecule has 1 aliphatic rings. The van der Waals surface area contributed by atoms with Crippen molar-refractivity contribution in [2.75, 3.05) is 24.5 Å². The SMILES string of the molecule is CCc1cc(N2CCC(NC(=O)C(CC)(CC)CN)CC2)ncn1.Cl.Cl. The van der Waals surface area contributed by atoms with Gasteiger partial charge in [0.05, 0.1) is 5.41 Å². The average Bonchev–Trinajstić information content (AvgIpc) is 2.64. The summed E-state index contributed by atoms with van der Waals surface area (Å²) in [6.45, 7) is 8.39. The van der Waals surface area contributed by atoms with Crippen molar-refractivity contribution < 1.29 is 4.79 Å². The van der Waals surface area contributed by atoms with Crippen molar-refractivity contribution in [3.63, 3.8) is 0 Å². The lowest BCUT2D eigenvalue weighted by atomic mass is 9.81. The van der Waals surface area contributed by atoms with Gasteiger partial charge < -0.3 is 16.0 Å². The molecule has 2 rings (SSSR count). The van der Waals surface area contributed by atoms with E-state index in [9.17, 15) is 4.79 Å². The van der Waals surface area contributed by atoms with E-state index in [0.717, 1.165) is 56.7 Å². The summed E-state index contributed by atoms with van der Waals surface area (Å²) in [7, 11) is 0. The van der Waals surface area contributed by atoms with E-state index in [1.165, 1.54) is 0 Å². The molecule has 26 heavy (non-hydrogen) atoms. The zero-order valence-electron chi connectivity index (χ0n) is 16.0. The molecule has 8 heteroatoms. The van der Waals surface area contributed by atoms with E-state index in [1.807, 2.05) is 13.8 Å². The van der Waals surface area contributed by atoms with Crippen LogP contribution in [0.3, 0.4) is 0 Å². The summed E-state index contributed by atoms with van der Waals surface area (Å²) in [4.78, 5) is 23.6. The maximum atomic E-state index is 12.6. The predicted molar refractivity (Wildman–Crippen MR) is 111 cm³/mol. The fraction of sp³-hybridized carbons (Fsp3) is 0.722. The van der Waals surface area contributed by atoms with E-state index in [0.29, 0.717) is 6.54 Å². The van der Waals surface area contributed by atoms with Gasteiger partial charge in [-0.2, -0.15) is 0 Å². The number of anilines is 1. The Morgan fingerprint density at radius 2 is 1.85 bits per heavy atom. The van der Waals surface area contributed by atoms with Gasteiger partial charge in [0.25, 0.3) is 0 Å². The van der Waals surface area contributed by atoms with Crippen molar-refractivity contribution >= 4 is 36.5 Å². The van der Waals surface area contributed by atoms with Crippen LogP contribution in [0, 0.1) is 5.41 Å². The molecule has 6 nitrogen and oxygen atoms in total. The Balaban J connectivity index is 0.00000312. The van der Waals surface area contributed by atoms with Crippen LogP contribution >= 0.6 is 24.8 Å². The summed E-state index contributed by atoms with van der Waals surface area (Å²) < 4.78 is 0. The number of halogens is 2. The Bertz CT molecular complexity index is 538. The van der Waals surface area contributed by atoms with Crippen molar-refractivity contribution in [3.05, 3.63) is 18.1 Å². The van der Waals surface area contributed by atoms with Gasteiger partial charge in [0.15, 0.2) is 0 Å². The number of nitrogens with one attached hydrogen (secondary N) is 1. The van der Waals surface area contributed by atoms with E-state index in [1.54, 1.807) is 6.33 Å². The third-order valence-corrected chi connectivity index (χ3v) is 5.45. The first-order valence-electron chi connectivity index (χ1n) is 9.15. The van der Waals surface area contributed by atoms with Crippen LogP contribution < -0.4 is 16.0 Å². The van der Waals surface area contributed by atoms with Crippen LogP contribution in [0.5, 0.6) is 0 Å². The van der Waals surface area contributed by atoms with Crippen molar-refractivity contribution in [3.8, 4) is 0 Å². The van der Waals surface area contributed by atoms with Gasteiger partial charge in [0, 0.05) is 37.4 Å². The highest BCUT2D eigenvalue weighted by molar-refractivity contribution is 5.85. The predicted octanol–water partition coefficient (Wildman–Crippen LogP) is 2.73. The molecule has 1 amide bonds. The average molecular weight is 406 g/mol. The highest BCUT2D eigenvalue weighted by Crippen LogP contribution is 2.26. The van der Waals surface area contributed by atoms with E-state index >= 15 is 0 Å². The molecule has 0 spiro atoms. The number of nitrogens with two attached hydrogens (primary N) is 1. The summed E-state index contributed by atoms with van der Waals surface area (Å²) in [5.74, 6) is 1.11. The Kier molecular flexibility index (Phi) is 11.1. The van der Waals surface area contributed by atoms with Gasteiger partial charge in [0.2, 0.25) is 5.91 Å². The zero-order valence-corrected chi connectivity index (χ0v) is 17.7. The van der Waals surface area contributed by atoms with Gasteiger partial charge in [-0.15, -0.1) is 24.8 Å². The highest BCUT2D eigenvalue weighted by atomic mass is 35.5. The third-order valence-electron chi connectivity index (χ3n) is 5.45. The van der Waals surface area contributed by atoms with Gasteiger partial charge in [-0.3, -0.25) is 4.79 Å². The minimum absolute atomic E-state index is 0. The molecule has 0 aromatic carbocycles. The quantitative estimate of drug-likeness (QED) is 0.728. The number of carbonyl (C=O) groups is 1. The van der Waals surface area contributed by atoms with Crippen LogP contribution in [0.2, 0.25) is 0 Å². The van der Waals surface area contributed by atoms with E-state index in [4.69, 9.17) is 5.73 Å². The number of hydrogen-bond donors (Lipinski definition) is 2. The molecule has 0 unspecified atom stereocenters. The maximum absolute atomic E-state index is 12.6. The third kappa shape index (κ3) is 5.69. The number of nitrogens with zero attached hydrogens (tertiary/aromatic N) is 3. The molecule has 0 atom stereocenters. The maximum Gasteiger partial charge on any atom is 0.227 e. The minimum atomic E-state index is -0.417. The van der Waals surface area contributed by atoms with E-state index < -0.39 is 5.41 Å². The summed E-state index contributed by atoms with van der Waals surface area (Å²) in [5.41, 5.74) is 6.52. The minimum Gasteiger partial charge on any atom is -0.356 e. The first-order valence-corrected chi connectivity index (χ1v) is 9.15. The lowest BCUT2D eigenvalue weighted by Crippen LogP contribution is -2.51. The highest BCUT2D eigenvalue weighted by Gasteiger charge is 2.35. The number of piperidine rings is 1. The molecule has 1 fully saturated rings. The topological polar surface area (TPSA) is 84.1 Å². The summed E-state index contributed by atoms with van der Waals surface area (Å²) >= 11 is 0. The molecule has 1 aromatic heterocycles. The molecule has 1 aromatic rings. The summed E-state index contributed by atoms with van der Waals surface area (Å²) in [5, 5.41) is 3.23. The molecule has 150 valence electrons. The lowest BCUT2D eigenvalue weighted by molar-refractivity contribution is -0.131. The van der Waals surface area contributed by atoms with Crippen molar-refractivity contribution in [1.29, 1.82) is 0 Å². The first kappa shape index (κ1) is 24.9. The molecule has 0 bridgehead atoms. The van der Waals surface area contributed by atoms with Crippen molar-refractivity contribution in [1.82, 2.24) is 15.3 Å². The molecule has 2 heterocycles. The first-order chi connectivity index (χ1) is 11.6. The Morgan fingerprint density at radius 1 is 1.23 bits per heavy atom. The number of hydrogen-bond acceptors (Lipinski definition) is 5. The molecular formula is C18H33Cl2N5O. The fourth-order valence-corrected chi connectivity index (χ4v) is 3.30. The largest absolute Gasteiger partial charge is 0.356 e. The summed E-state index contributed by atoms with van der Waals surface area (Å²) in [6.07, 6.45) is 5.99. The standard InChI is InChI=1S/C18H31N5O.2ClH/c1-4-14-11-16(21-13-20-14)23-9-7-15(8-10-23)22-17(24)18(5-2,6-3)12-19;;/h11,13,15H,4-10,12,19H2,1-3H3,(H,22,24);2*1H. The van der Waals surface area contributed by atoms with Crippen LogP contribution in [-0.4, -0.2) is 41.6 Å². The van der Waals surface area contributed by atoms with Crippen molar-refractivity contribution in [2.45, 2.75) is 58.9 Å². The van der Waals surface area contributed by atoms with Gasteiger partial charge in [-0.05, 0) is 32.1 Å². The molecule has 0 radical (unpaired) electrons. The van der Waals surface area contributed by atoms with E-state index in [2.05, 4.69) is 33.2 Å². The number of amides is 1. The number of aromatic nitrogens is 2. The van der Waals surface area contributed by atoms with Crippen LogP contribution in [0.15, 0.2) is 12.4 Å². The number of aryl methyl sites for hydroxylation is 1. The van der Waals surface area contributed by atoms with E-state index in [-0.39, 0.29) is 36.8 Å². The Labute approximate surface area is 169 Å². The van der Waals surface area contributed by atoms with Gasteiger partial charge in [-0.1, -0.05) is 20.8 Å². The van der Waals surface area contributed by atoms with Gasteiger partial charge in [-0.25, -0.2) is 9.97 Å². The van der Waals surface area contributed by atoms with Crippen molar-refractivity contribution in [2.24, 2.45) is 11.1 Å². The smallest absolute Gasteiger partial charge is 0.227 e. The molecule has 1 saturated heterocycles. The normalized spacial score (nSPS) is 15.0. The van der Waals surface area contributed by atoms with Crippen LogP contribution in [0.1, 0.15) is 52.1 Å². The zero-order chi connectivity index (χ0) is 17.6.